The van der Waals surface area contributed by atoms with Gasteiger partial charge in [-0.05, 0) is 36.4 Å². The Morgan fingerprint density at radius 2 is 1.17 bits per heavy atom. The van der Waals surface area contributed by atoms with E-state index in [0.717, 1.165) is 5.69 Å². The summed E-state index contributed by atoms with van der Waals surface area (Å²) < 4.78 is 55.9. The van der Waals surface area contributed by atoms with Crippen LogP contribution in [0.3, 0.4) is 0 Å². The van der Waals surface area contributed by atoms with Gasteiger partial charge in [0.1, 0.15) is 12.4 Å². The monoisotopic (exact) mass is 511 g/mol. The van der Waals surface area contributed by atoms with Crippen molar-refractivity contribution >= 4 is 21.7 Å². The average molecular weight is 512 g/mol. The lowest BCUT2D eigenvalue weighted by Gasteiger charge is -2.09. The molecular weight excluding hydrogens is 478 g/mol. The first kappa shape index (κ1) is 28.7. The van der Waals surface area contributed by atoms with Gasteiger partial charge in [-0.1, -0.05) is 18.2 Å². The van der Waals surface area contributed by atoms with Crippen molar-refractivity contribution in [2.75, 3.05) is 71.4 Å². The molecule has 2 aromatic rings. The zero-order chi connectivity index (χ0) is 25.2. The van der Waals surface area contributed by atoms with Crippen LogP contribution in [0.4, 0.5) is 5.69 Å². The maximum Gasteiger partial charge on any atom is 0.297 e. The predicted molar refractivity (Wildman–Crippen MR) is 129 cm³/mol. The molecule has 11 heteroatoms. The van der Waals surface area contributed by atoms with Crippen LogP contribution >= 0.6 is 0 Å². The summed E-state index contributed by atoms with van der Waals surface area (Å²) >= 11 is 0. The Morgan fingerprint density at radius 3 is 1.69 bits per heavy atom. The highest BCUT2D eigenvalue weighted by Crippen LogP contribution is 2.15. The minimum atomic E-state index is -3.75. The van der Waals surface area contributed by atoms with Crippen LogP contribution in [0.1, 0.15) is 6.92 Å². The molecule has 0 saturated heterocycles. The van der Waals surface area contributed by atoms with Crippen molar-refractivity contribution in [3.8, 4) is 5.75 Å². The summed E-state index contributed by atoms with van der Waals surface area (Å²) in [7, 11) is -3.75. The minimum absolute atomic E-state index is 0.0593. The van der Waals surface area contributed by atoms with E-state index in [9.17, 15) is 13.2 Å². The Kier molecular flexibility index (Phi) is 13.9. The van der Waals surface area contributed by atoms with Crippen molar-refractivity contribution in [3.05, 3.63) is 54.6 Å². The fraction of sp³-hybridized carbons (Fsp3) is 0.458. The number of anilines is 1. The van der Waals surface area contributed by atoms with Gasteiger partial charge in [0.25, 0.3) is 10.1 Å². The van der Waals surface area contributed by atoms with Gasteiger partial charge < -0.3 is 29.0 Å². The first-order valence-electron chi connectivity index (χ1n) is 11.2. The molecule has 35 heavy (non-hydrogen) atoms. The molecule has 0 aliphatic rings. The van der Waals surface area contributed by atoms with Crippen LogP contribution in [0.2, 0.25) is 0 Å². The number of hydrogen-bond donors (Lipinski definition) is 1. The van der Waals surface area contributed by atoms with Crippen LogP contribution in [0.25, 0.3) is 0 Å². The smallest absolute Gasteiger partial charge is 0.297 e. The lowest BCUT2D eigenvalue weighted by atomic mass is 10.3. The zero-order valence-corrected chi connectivity index (χ0v) is 20.7. The molecule has 2 rings (SSSR count). The highest BCUT2D eigenvalue weighted by Gasteiger charge is 2.13. The number of hydrogen-bond acceptors (Lipinski definition) is 9. The Bertz CT molecular complexity index is 937. The van der Waals surface area contributed by atoms with Crippen LogP contribution in [0.15, 0.2) is 59.5 Å². The van der Waals surface area contributed by atoms with Crippen LogP contribution in [-0.2, 0) is 38.0 Å². The third-order valence-electron chi connectivity index (χ3n) is 4.29. The van der Waals surface area contributed by atoms with Crippen LogP contribution < -0.4 is 10.1 Å². The molecule has 0 aromatic heterocycles. The van der Waals surface area contributed by atoms with E-state index in [-0.39, 0.29) is 24.0 Å². The molecule has 0 atom stereocenters. The van der Waals surface area contributed by atoms with Crippen molar-refractivity contribution < 1.29 is 41.1 Å². The minimum Gasteiger partial charge on any atom is -0.491 e. The first-order chi connectivity index (χ1) is 17.0. The standard InChI is InChI=1S/C24H33NO9S/c1-21(26)25-22-7-9-23(10-8-22)33-19-17-31-15-13-29-11-12-30-14-16-32-18-20-34-35(27,28)24-5-3-2-4-6-24/h2-10H,11-20H2,1H3,(H,25,26). The van der Waals surface area contributed by atoms with E-state index in [4.69, 9.17) is 27.9 Å². The molecule has 0 bridgehead atoms. The fourth-order valence-electron chi connectivity index (χ4n) is 2.68. The fourth-order valence-corrected chi connectivity index (χ4v) is 3.59. The van der Waals surface area contributed by atoms with Crippen molar-refractivity contribution in [2.45, 2.75) is 11.8 Å². The normalized spacial score (nSPS) is 11.3. The van der Waals surface area contributed by atoms with Crippen molar-refractivity contribution in [3.63, 3.8) is 0 Å². The Hall–Kier alpha value is -2.54. The molecule has 0 spiro atoms. The number of rotatable bonds is 19. The van der Waals surface area contributed by atoms with Gasteiger partial charge in [0, 0.05) is 12.6 Å². The Morgan fingerprint density at radius 1 is 0.686 bits per heavy atom. The van der Waals surface area contributed by atoms with Gasteiger partial charge in [-0.25, -0.2) is 0 Å². The van der Waals surface area contributed by atoms with E-state index in [1.54, 1.807) is 42.5 Å². The molecule has 1 amide bonds. The molecule has 0 saturated carbocycles. The quantitative estimate of drug-likeness (QED) is 0.224. The van der Waals surface area contributed by atoms with E-state index in [2.05, 4.69) is 5.32 Å². The molecule has 194 valence electrons. The van der Waals surface area contributed by atoms with Gasteiger partial charge in [-0.3, -0.25) is 8.98 Å². The highest BCUT2D eigenvalue weighted by atomic mass is 32.2. The molecular formula is C24H33NO9S. The molecule has 10 nitrogen and oxygen atoms in total. The Labute approximate surface area is 206 Å². The first-order valence-corrected chi connectivity index (χ1v) is 12.6. The molecule has 0 heterocycles. The second-order valence-electron chi connectivity index (χ2n) is 7.09. The van der Waals surface area contributed by atoms with Gasteiger partial charge in [0.2, 0.25) is 5.91 Å². The maximum absolute atomic E-state index is 11.9. The molecule has 1 N–H and O–H groups in total. The van der Waals surface area contributed by atoms with E-state index in [1.165, 1.54) is 19.1 Å². The summed E-state index contributed by atoms with van der Waals surface area (Å²) in [5.41, 5.74) is 0.719. The average Bonchev–Trinajstić information content (AvgIpc) is 2.85. The largest absolute Gasteiger partial charge is 0.491 e. The topological polar surface area (TPSA) is 119 Å². The third kappa shape index (κ3) is 13.2. The molecule has 0 aliphatic heterocycles. The third-order valence-corrected chi connectivity index (χ3v) is 5.61. The van der Waals surface area contributed by atoms with Gasteiger partial charge in [0.05, 0.1) is 64.4 Å². The Balaban J connectivity index is 1.33. The SMILES string of the molecule is CC(=O)Nc1ccc(OCCOCCOCCOCCOCCOS(=O)(=O)c2ccccc2)cc1. The lowest BCUT2D eigenvalue weighted by molar-refractivity contribution is -0.114. The molecule has 2 aromatic carbocycles. The number of nitrogens with one attached hydrogen (secondary N) is 1. The lowest BCUT2D eigenvalue weighted by Crippen LogP contribution is -2.15. The van der Waals surface area contributed by atoms with Gasteiger partial charge in [0.15, 0.2) is 0 Å². The van der Waals surface area contributed by atoms with Crippen LogP contribution in [-0.4, -0.2) is 80.4 Å². The number of ether oxygens (including phenoxy) is 5. The zero-order valence-electron chi connectivity index (χ0n) is 19.8. The van der Waals surface area contributed by atoms with E-state index in [1.807, 2.05) is 0 Å². The molecule has 0 aliphatic carbocycles. The summed E-state index contributed by atoms with van der Waals surface area (Å²) in [6.07, 6.45) is 0. The number of carbonyl (C=O) groups excluding carboxylic acids is 1. The summed E-state index contributed by atoms with van der Waals surface area (Å²) in [6.45, 7) is 4.82. The highest BCUT2D eigenvalue weighted by molar-refractivity contribution is 7.86. The number of amides is 1. The summed E-state index contributed by atoms with van der Waals surface area (Å²) in [5.74, 6) is 0.581. The van der Waals surface area contributed by atoms with Crippen LogP contribution in [0, 0.1) is 0 Å². The van der Waals surface area contributed by atoms with Gasteiger partial charge in [-0.15, -0.1) is 0 Å². The summed E-state index contributed by atoms with van der Waals surface area (Å²) in [4.78, 5) is 11.1. The number of benzene rings is 2. The van der Waals surface area contributed by atoms with E-state index in [0.29, 0.717) is 58.6 Å². The van der Waals surface area contributed by atoms with E-state index < -0.39 is 10.1 Å². The summed E-state index contributed by atoms with van der Waals surface area (Å²) in [6, 6.07) is 15.1. The van der Waals surface area contributed by atoms with Crippen molar-refractivity contribution in [2.24, 2.45) is 0 Å². The van der Waals surface area contributed by atoms with Crippen molar-refractivity contribution in [1.29, 1.82) is 0 Å². The second kappa shape index (κ2) is 17.0. The van der Waals surface area contributed by atoms with Crippen molar-refractivity contribution in [1.82, 2.24) is 0 Å². The number of carbonyl (C=O) groups is 1. The maximum atomic E-state index is 11.9. The predicted octanol–water partition coefficient (Wildman–Crippen LogP) is 2.50. The van der Waals surface area contributed by atoms with E-state index >= 15 is 0 Å². The second-order valence-corrected chi connectivity index (χ2v) is 8.71. The van der Waals surface area contributed by atoms with Gasteiger partial charge >= 0.3 is 0 Å². The van der Waals surface area contributed by atoms with Gasteiger partial charge in [-0.2, -0.15) is 8.42 Å². The van der Waals surface area contributed by atoms with Crippen LogP contribution in [0.5, 0.6) is 5.75 Å². The molecule has 0 fully saturated rings. The molecule has 0 unspecified atom stereocenters. The summed E-state index contributed by atoms with van der Waals surface area (Å²) in [5, 5.41) is 2.69. The molecule has 0 radical (unpaired) electrons.